The summed E-state index contributed by atoms with van der Waals surface area (Å²) in [6.07, 6.45) is -0.934. The van der Waals surface area contributed by atoms with Crippen molar-refractivity contribution in [2.24, 2.45) is 5.92 Å². The lowest BCUT2D eigenvalue weighted by atomic mass is 9.90. The van der Waals surface area contributed by atoms with Gasteiger partial charge in [-0.05, 0) is 43.3 Å². The summed E-state index contributed by atoms with van der Waals surface area (Å²) in [6.45, 7) is 1.96. The highest BCUT2D eigenvalue weighted by atomic mass is 16.7. The predicted octanol–water partition coefficient (Wildman–Crippen LogP) is 4.06. The number of ether oxygens (including phenoxy) is 2. The normalized spacial score (nSPS) is 22.0. The molecule has 0 aliphatic carbocycles. The van der Waals surface area contributed by atoms with Gasteiger partial charge in [-0.1, -0.05) is 35.9 Å². The van der Waals surface area contributed by atoms with E-state index in [1.807, 2.05) is 61.5 Å². The zero-order valence-electron chi connectivity index (χ0n) is 18.6. The van der Waals surface area contributed by atoms with Crippen molar-refractivity contribution in [3.8, 4) is 11.5 Å². The fourth-order valence-corrected chi connectivity index (χ4v) is 4.54. The van der Waals surface area contributed by atoms with Gasteiger partial charge in [0.25, 0.3) is 5.91 Å². The van der Waals surface area contributed by atoms with Gasteiger partial charge < -0.3 is 9.47 Å². The Bertz CT molecular complexity index is 1200. The molecule has 168 valence electrons. The first-order chi connectivity index (χ1) is 16.0. The quantitative estimate of drug-likeness (QED) is 0.553. The summed E-state index contributed by atoms with van der Waals surface area (Å²) in [5, 5.41) is 1.65. The number of methoxy groups -OCH3 is 2. The Balaban J connectivity index is 1.62. The number of carbonyl (C=O) groups is 2. The first-order valence-corrected chi connectivity index (χ1v) is 10.7. The number of imide groups is 1. The van der Waals surface area contributed by atoms with Crippen molar-refractivity contribution in [2.45, 2.75) is 19.1 Å². The van der Waals surface area contributed by atoms with Gasteiger partial charge in [0, 0.05) is 11.6 Å². The molecule has 0 spiro atoms. The lowest BCUT2D eigenvalue weighted by Crippen LogP contribution is -2.37. The number of hydrogen-bond acceptors (Lipinski definition) is 6. The molecule has 0 aromatic heterocycles. The van der Waals surface area contributed by atoms with Crippen LogP contribution in [0, 0.1) is 12.8 Å². The highest BCUT2D eigenvalue weighted by Crippen LogP contribution is 2.49. The fourth-order valence-electron chi connectivity index (χ4n) is 4.54. The standard InChI is InChI=1S/C26H24N2O5/c1-16-9-11-17(12-10-16)27-25(29)22-23(20-14-13-19(31-2)15-21(20)32-3)28(33-24(22)26(27)30)18-7-5-4-6-8-18/h4-15,22-24H,1-3H3/t22-,23-,24-/m0/s1. The number of rotatable bonds is 5. The minimum absolute atomic E-state index is 0.296. The molecule has 0 N–H and O–H groups in total. The maximum absolute atomic E-state index is 13.7. The van der Waals surface area contributed by atoms with Gasteiger partial charge in [0.05, 0.1) is 31.6 Å². The second-order valence-corrected chi connectivity index (χ2v) is 8.11. The van der Waals surface area contributed by atoms with Gasteiger partial charge in [-0.25, -0.2) is 9.96 Å². The highest BCUT2D eigenvalue weighted by Gasteiger charge is 2.60. The summed E-state index contributed by atoms with van der Waals surface area (Å²) in [7, 11) is 3.15. The van der Waals surface area contributed by atoms with E-state index in [-0.39, 0.29) is 11.8 Å². The molecule has 2 aliphatic heterocycles. The first kappa shape index (κ1) is 21.0. The first-order valence-electron chi connectivity index (χ1n) is 10.7. The number of hydrogen-bond donors (Lipinski definition) is 0. The minimum atomic E-state index is -0.934. The maximum Gasteiger partial charge on any atom is 0.266 e. The van der Waals surface area contributed by atoms with Gasteiger partial charge in [0.1, 0.15) is 17.4 Å². The van der Waals surface area contributed by atoms with Crippen molar-refractivity contribution < 1.29 is 23.9 Å². The number of nitrogens with zero attached hydrogens (tertiary/aromatic N) is 2. The van der Waals surface area contributed by atoms with E-state index in [1.165, 1.54) is 4.90 Å². The largest absolute Gasteiger partial charge is 0.497 e. The number of benzene rings is 3. The molecule has 7 heteroatoms. The van der Waals surface area contributed by atoms with E-state index >= 15 is 0 Å². The number of hydroxylamine groups is 1. The van der Waals surface area contributed by atoms with E-state index in [4.69, 9.17) is 14.3 Å². The Kier molecular flexibility index (Phi) is 5.26. The van der Waals surface area contributed by atoms with Crippen molar-refractivity contribution in [3.63, 3.8) is 0 Å². The molecule has 2 fully saturated rings. The van der Waals surface area contributed by atoms with Crippen LogP contribution in [0.1, 0.15) is 17.2 Å². The van der Waals surface area contributed by atoms with Crippen LogP contribution in [0.2, 0.25) is 0 Å². The Morgan fingerprint density at radius 2 is 1.55 bits per heavy atom. The molecule has 2 amide bonds. The zero-order chi connectivity index (χ0) is 23.1. The molecule has 5 rings (SSSR count). The Hall–Kier alpha value is -3.84. The molecule has 2 aliphatic rings. The number of anilines is 2. The average molecular weight is 444 g/mol. The van der Waals surface area contributed by atoms with Gasteiger partial charge in [-0.15, -0.1) is 0 Å². The number of amides is 2. The van der Waals surface area contributed by atoms with Gasteiger partial charge in [0.2, 0.25) is 5.91 Å². The number of fused-ring (bicyclic) bond motifs is 1. The van der Waals surface area contributed by atoms with Crippen molar-refractivity contribution in [2.75, 3.05) is 24.2 Å². The molecule has 0 unspecified atom stereocenters. The molecule has 2 saturated heterocycles. The van der Waals surface area contributed by atoms with E-state index in [0.717, 1.165) is 16.8 Å². The zero-order valence-corrected chi connectivity index (χ0v) is 18.6. The molecular formula is C26H24N2O5. The van der Waals surface area contributed by atoms with Gasteiger partial charge in [-0.2, -0.15) is 0 Å². The van der Waals surface area contributed by atoms with Gasteiger partial charge in [0.15, 0.2) is 6.10 Å². The van der Waals surface area contributed by atoms with Gasteiger partial charge >= 0.3 is 0 Å². The molecule has 0 radical (unpaired) electrons. The molecule has 3 aromatic rings. The molecule has 0 bridgehead atoms. The second kappa shape index (κ2) is 8.26. The number of carbonyl (C=O) groups excluding carboxylic acids is 2. The maximum atomic E-state index is 13.7. The summed E-state index contributed by atoms with van der Waals surface area (Å²) in [5.74, 6) is -0.216. The van der Waals surface area contributed by atoms with E-state index in [9.17, 15) is 9.59 Å². The SMILES string of the molecule is COc1ccc([C@H]2[C@@H]3C(=O)N(c4ccc(C)cc4)C(=O)[C@H]3ON2c2ccccc2)c(OC)c1. The van der Waals surface area contributed by atoms with Crippen molar-refractivity contribution >= 4 is 23.2 Å². The number of para-hydroxylation sites is 1. The van der Waals surface area contributed by atoms with E-state index < -0.39 is 18.1 Å². The Morgan fingerprint density at radius 3 is 2.21 bits per heavy atom. The molecule has 3 aromatic carbocycles. The molecule has 7 nitrogen and oxygen atoms in total. The van der Waals surface area contributed by atoms with Crippen LogP contribution in [0.5, 0.6) is 11.5 Å². The van der Waals surface area contributed by atoms with E-state index in [2.05, 4.69) is 0 Å². The van der Waals surface area contributed by atoms with Crippen molar-refractivity contribution in [3.05, 3.63) is 83.9 Å². The monoisotopic (exact) mass is 444 g/mol. The third-order valence-electron chi connectivity index (χ3n) is 6.18. The highest BCUT2D eigenvalue weighted by molar-refractivity contribution is 6.23. The van der Waals surface area contributed by atoms with E-state index in [1.54, 1.807) is 37.5 Å². The van der Waals surface area contributed by atoms with Crippen LogP contribution >= 0.6 is 0 Å². The van der Waals surface area contributed by atoms with Crippen LogP contribution in [0.4, 0.5) is 11.4 Å². The lowest BCUT2D eigenvalue weighted by Gasteiger charge is -2.29. The predicted molar refractivity (Wildman–Crippen MR) is 123 cm³/mol. The van der Waals surface area contributed by atoms with Crippen molar-refractivity contribution in [1.82, 2.24) is 0 Å². The van der Waals surface area contributed by atoms with Gasteiger partial charge in [-0.3, -0.25) is 14.4 Å². The summed E-state index contributed by atoms with van der Waals surface area (Å²) >= 11 is 0. The molecule has 2 heterocycles. The Labute approximate surface area is 192 Å². The van der Waals surface area contributed by atoms with Crippen LogP contribution < -0.4 is 19.4 Å². The molecule has 3 atom stereocenters. The van der Waals surface area contributed by atoms with Crippen LogP contribution in [0.25, 0.3) is 0 Å². The van der Waals surface area contributed by atoms with Crippen LogP contribution in [0.3, 0.4) is 0 Å². The third-order valence-corrected chi connectivity index (χ3v) is 6.18. The minimum Gasteiger partial charge on any atom is -0.497 e. The Morgan fingerprint density at radius 1 is 0.818 bits per heavy atom. The summed E-state index contributed by atoms with van der Waals surface area (Å²) in [6, 6.07) is 21.6. The number of aryl methyl sites for hydroxylation is 1. The molecule has 33 heavy (non-hydrogen) atoms. The lowest BCUT2D eigenvalue weighted by molar-refractivity contribution is -0.126. The third kappa shape index (κ3) is 3.41. The van der Waals surface area contributed by atoms with E-state index in [0.29, 0.717) is 17.2 Å². The second-order valence-electron chi connectivity index (χ2n) is 8.11. The van der Waals surface area contributed by atoms with Crippen molar-refractivity contribution in [1.29, 1.82) is 0 Å². The smallest absolute Gasteiger partial charge is 0.266 e. The topological polar surface area (TPSA) is 68.3 Å². The summed E-state index contributed by atoms with van der Waals surface area (Å²) < 4.78 is 11.0. The summed E-state index contributed by atoms with van der Waals surface area (Å²) in [5.41, 5.74) is 3.07. The summed E-state index contributed by atoms with van der Waals surface area (Å²) in [4.78, 5) is 34.5. The van der Waals surface area contributed by atoms with Crippen LogP contribution in [0.15, 0.2) is 72.8 Å². The van der Waals surface area contributed by atoms with Crippen LogP contribution in [-0.2, 0) is 14.4 Å². The van der Waals surface area contributed by atoms with Crippen LogP contribution in [-0.4, -0.2) is 32.1 Å². The fraction of sp³-hybridized carbons (Fsp3) is 0.231. The average Bonchev–Trinajstić information content (AvgIpc) is 3.35. The molecular weight excluding hydrogens is 420 g/mol. The molecule has 0 saturated carbocycles.